The maximum absolute atomic E-state index is 5.71. The zero-order valence-electron chi connectivity index (χ0n) is 14.9. The molecule has 1 atom stereocenters. The number of benzene rings is 1. The third-order valence-corrected chi connectivity index (χ3v) is 5.63. The second-order valence-electron chi connectivity index (χ2n) is 6.16. The number of ether oxygens (including phenoxy) is 2. The molecular formula is C18H29N3O2S. The predicted octanol–water partition coefficient (Wildman–Crippen LogP) is 2.66. The van der Waals surface area contributed by atoms with Crippen molar-refractivity contribution in [2.24, 2.45) is 4.99 Å². The summed E-state index contributed by atoms with van der Waals surface area (Å²) in [7, 11) is 3.48. The van der Waals surface area contributed by atoms with Crippen LogP contribution in [0.2, 0.25) is 0 Å². The third-order valence-electron chi connectivity index (χ3n) is 4.10. The molecule has 1 saturated heterocycles. The number of thioether (sulfide) groups is 1. The molecule has 1 unspecified atom stereocenters. The summed E-state index contributed by atoms with van der Waals surface area (Å²) < 4.78 is 11.3. The molecule has 2 rings (SSSR count). The topological polar surface area (TPSA) is 54.9 Å². The lowest BCUT2D eigenvalue weighted by atomic mass is 10.1. The zero-order chi connectivity index (χ0) is 17.3. The summed E-state index contributed by atoms with van der Waals surface area (Å²) in [5, 5.41) is 6.72. The smallest absolute Gasteiger partial charge is 0.191 e. The lowest BCUT2D eigenvalue weighted by Gasteiger charge is -2.24. The first kappa shape index (κ1) is 18.9. The first-order valence-corrected chi connectivity index (χ1v) is 9.43. The molecule has 1 aliphatic heterocycles. The monoisotopic (exact) mass is 351 g/mol. The summed E-state index contributed by atoms with van der Waals surface area (Å²) in [5.41, 5.74) is 1.11. The summed E-state index contributed by atoms with van der Waals surface area (Å²) in [6.07, 6.45) is 2.58. The Morgan fingerprint density at radius 2 is 2.25 bits per heavy atom. The van der Waals surface area contributed by atoms with E-state index in [1.807, 2.05) is 36.0 Å². The van der Waals surface area contributed by atoms with Crippen LogP contribution in [-0.2, 0) is 11.3 Å². The van der Waals surface area contributed by atoms with Gasteiger partial charge in [-0.15, -0.1) is 0 Å². The molecule has 0 spiro atoms. The van der Waals surface area contributed by atoms with Crippen molar-refractivity contribution >= 4 is 17.7 Å². The van der Waals surface area contributed by atoms with Gasteiger partial charge in [0.05, 0.1) is 20.3 Å². The van der Waals surface area contributed by atoms with Gasteiger partial charge in [-0.1, -0.05) is 12.1 Å². The van der Waals surface area contributed by atoms with Crippen molar-refractivity contribution in [3.05, 3.63) is 29.8 Å². The van der Waals surface area contributed by atoms with Gasteiger partial charge in [0.15, 0.2) is 5.96 Å². The summed E-state index contributed by atoms with van der Waals surface area (Å²) in [5.74, 6) is 2.97. The lowest BCUT2D eigenvalue weighted by molar-refractivity contribution is 0.125. The van der Waals surface area contributed by atoms with Crippen molar-refractivity contribution in [1.82, 2.24) is 10.6 Å². The van der Waals surface area contributed by atoms with Gasteiger partial charge in [-0.05, 0) is 43.2 Å². The van der Waals surface area contributed by atoms with Gasteiger partial charge in [0.1, 0.15) is 5.75 Å². The molecule has 1 aromatic rings. The van der Waals surface area contributed by atoms with Crippen LogP contribution in [0.1, 0.15) is 25.3 Å². The summed E-state index contributed by atoms with van der Waals surface area (Å²) in [4.78, 5) is 4.27. The molecule has 24 heavy (non-hydrogen) atoms. The van der Waals surface area contributed by atoms with E-state index in [1.54, 1.807) is 14.2 Å². The first-order valence-electron chi connectivity index (χ1n) is 8.44. The minimum absolute atomic E-state index is 0.334. The average molecular weight is 352 g/mol. The molecule has 0 amide bonds. The van der Waals surface area contributed by atoms with Gasteiger partial charge in [0, 0.05) is 24.9 Å². The highest BCUT2D eigenvalue weighted by Crippen LogP contribution is 2.36. The molecule has 6 heteroatoms. The maximum Gasteiger partial charge on any atom is 0.191 e. The Labute approximate surface area is 149 Å². The van der Waals surface area contributed by atoms with E-state index in [0.29, 0.717) is 18.0 Å². The number of nitrogens with zero attached hydrogens (tertiary/aromatic N) is 1. The summed E-state index contributed by atoms with van der Waals surface area (Å²) in [6.45, 7) is 5.21. The molecule has 134 valence electrons. The number of aliphatic imine (C=N–C) groups is 1. The van der Waals surface area contributed by atoms with Crippen molar-refractivity contribution < 1.29 is 9.47 Å². The van der Waals surface area contributed by atoms with Gasteiger partial charge >= 0.3 is 0 Å². The van der Waals surface area contributed by atoms with Gasteiger partial charge < -0.3 is 20.1 Å². The predicted molar refractivity (Wildman–Crippen MR) is 102 cm³/mol. The van der Waals surface area contributed by atoms with Gasteiger partial charge in [0.25, 0.3) is 0 Å². The standard InChI is InChI=1S/C18H29N3O2S/c1-18(8-5-11-24-18)14-21-17(19-2)20-9-10-23-13-15-6-4-7-16(12-15)22-3/h4,6-7,12H,5,8-11,13-14H2,1-3H3,(H2,19,20,21). The van der Waals surface area contributed by atoms with Crippen molar-refractivity contribution in [3.63, 3.8) is 0 Å². The fraction of sp³-hybridized carbons (Fsp3) is 0.611. The number of guanidine groups is 1. The number of rotatable bonds is 8. The Kier molecular flexibility index (Phi) is 7.72. The van der Waals surface area contributed by atoms with Crippen molar-refractivity contribution in [2.75, 3.05) is 39.6 Å². The highest BCUT2D eigenvalue weighted by molar-refractivity contribution is 8.00. The summed E-state index contributed by atoms with van der Waals surface area (Å²) in [6, 6.07) is 7.94. The molecule has 5 nitrogen and oxygen atoms in total. The molecule has 0 aliphatic carbocycles. The SMILES string of the molecule is CN=C(NCCOCc1cccc(OC)c1)NCC1(C)CCCS1. The van der Waals surface area contributed by atoms with E-state index in [4.69, 9.17) is 9.47 Å². The molecule has 0 radical (unpaired) electrons. The average Bonchev–Trinajstić information content (AvgIpc) is 3.04. The normalized spacial score (nSPS) is 20.9. The highest BCUT2D eigenvalue weighted by atomic mass is 32.2. The van der Waals surface area contributed by atoms with Crippen LogP contribution in [0.5, 0.6) is 5.75 Å². The minimum atomic E-state index is 0.334. The van der Waals surface area contributed by atoms with Crippen LogP contribution in [0.3, 0.4) is 0 Å². The first-order chi connectivity index (χ1) is 11.6. The van der Waals surface area contributed by atoms with E-state index < -0.39 is 0 Å². The van der Waals surface area contributed by atoms with Gasteiger partial charge in [-0.2, -0.15) is 11.8 Å². The highest BCUT2D eigenvalue weighted by Gasteiger charge is 2.29. The van der Waals surface area contributed by atoms with Crippen molar-refractivity contribution in [1.29, 1.82) is 0 Å². The Morgan fingerprint density at radius 3 is 2.96 bits per heavy atom. The van der Waals surface area contributed by atoms with Crippen molar-refractivity contribution in [3.8, 4) is 5.75 Å². The number of methoxy groups -OCH3 is 1. The Bertz CT molecular complexity index is 531. The lowest BCUT2D eigenvalue weighted by Crippen LogP contribution is -2.44. The Hall–Kier alpha value is -1.40. The Morgan fingerprint density at radius 1 is 1.38 bits per heavy atom. The second kappa shape index (κ2) is 9.79. The largest absolute Gasteiger partial charge is 0.497 e. The fourth-order valence-corrected chi connectivity index (χ4v) is 3.91. The fourth-order valence-electron chi connectivity index (χ4n) is 2.66. The summed E-state index contributed by atoms with van der Waals surface area (Å²) >= 11 is 2.05. The molecule has 1 aromatic carbocycles. The van der Waals surface area contributed by atoms with Crippen LogP contribution in [0.15, 0.2) is 29.3 Å². The molecule has 0 saturated carbocycles. The molecule has 0 aromatic heterocycles. The molecule has 1 heterocycles. The molecule has 1 aliphatic rings. The van der Waals surface area contributed by atoms with Crippen LogP contribution in [0.4, 0.5) is 0 Å². The molecule has 0 bridgehead atoms. The van der Waals surface area contributed by atoms with Crippen LogP contribution in [0.25, 0.3) is 0 Å². The molecular weight excluding hydrogens is 322 g/mol. The van der Waals surface area contributed by atoms with Crippen LogP contribution < -0.4 is 15.4 Å². The van der Waals surface area contributed by atoms with E-state index in [0.717, 1.165) is 30.4 Å². The number of hydrogen-bond acceptors (Lipinski definition) is 4. The van der Waals surface area contributed by atoms with E-state index >= 15 is 0 Å². The van der Waals surface area contributed by atoms with Crippen molar-refractivity contribution in [2.45, 2.75) is 31.1 Å². The van der Waals surface area contributed by atoms with Crippen LogP contribution in [-0.4, -0.2) is 50.3 Å². The number of hydrogen-bond donors (Lipinski definition) is 2. The number of nitrogens with one attached hydrogen (secondary N) is 2. The van der Waals surface area contributed by atoms with Gasteiger partial charge in [-0.25, -0.2) is 0 Å². The van der Waals surface area contributed by atoms with E-state index in [9.17, 15) is 0 Å². The molecule has 2 N–H and O–H groups in total. The minimum Gasteiger partial charge on any atom is -0.497 e. The van der Waals surface area contributed by atoms with Crippen LogP contribution >= 0.6 is 11.8 Å². The maximum atomic E-state index is 5.71. The van der Waals surface area contributed by atoms with Gasteiger partial charge in [-0.3, -0.25) is 4.99 Å². The van der Waals surface area contributed by atoms with E-state index in [-0.39, 0.29) is 0 Å². The Balaban J connectivity index is 1.61. The van der Waals surface area contributed by atoms with Crippen LogP contribution in [0, 0.1) is 0 Å². The van der Waals surface area contributed by atoms with Gasteiger partial charge in [0.2, 0.25) is 0 Å². The third kappa shape index (κ3) is 6.24. The van der Waals surface area contributed by atoms with E-state index in [2.05, 4.69) is 22.5 Å². The quantitative estimate of drug-likeness (QED) is 0.428. The zero-order valence-corrected chi connectivity index (χ0v) is 15.7. The second-order valence-corrected chi connectivity index (χ2v) is 7.84. The molecule has 1 fully saturated rings. The van der Waals surface area contributed by atoms with E-state index in [1.165, 1.54) is 18.6 Å².